The summed E-state index contributed by atoms with van der Waals surface area (Å²) < 4.78 is 23.2. The molecule has 0 unspecified atom stereocenters. The Balaban J connectivity index is 0.00000400. The average molecular weight is 335 g/mol. The third-order valence-corrected chi connectivity index (χ3v) is 4.10. The zero-order chi connectivity index (χ0) is 15.2. The molecule has 0 bridgehead atoms. The summed E-state index contributed by atoms with van der Waals surface area (Å²) >= 11 is 0. The van der Waals surface area contributed by atoms with Gasteiger partial charge in [-0.3, -0.25) is 4.79 Å². The van der Waals surface area contributed by atoms with E-state index in [0.29, 0.717) is 24.2 Å². The lowest BCUT2D eigenvalue weighted by Gasteiger charge is -2.09. The molecule has 0 atom stereocenters. The number of aryl methyl sites for hydroxylation is 1. The zero-order valence-electron chi connectivity index (χ0n) is 12.6. The molecule has 1 rings (SSSR count). The van der Waals surface area contributed by atoms with Crippen LogP contribution in [0.5, 0.6) is 0 Å². The van der Waals surface area contributed by atoms with Crippen molar-refractivity contribution in [1.82, 2.24) is 10.6 Å². The summed E-state index contributed by atoms with van der Waals surface area (Å²) in [6, 6.07) is 4.72. The fourth-order valence-electron chi connectivity index (χ4n) is 1.81. The van der Waals surface area contributed by atoms with Gasteiger partial charge in [0.2, 0.25) is 0 Å². The molecule has 0 heterocycles. The van der Waals surface area contributed by atoms with E-state index in [1.807, 2.05) is 0 Å². The molecule has 7 heteroatoms. The molecule has 1 aromatic carbocycles. The van der Waals surface area contributed by atoms with Crippen LogP contribution in [0.15, 0.2) is 23.1 Å². The SMILES string of the molecule is CCCNCCNC(=O)c1ccc(C)c(S(C)(=O)=O)c1.Cl. The van der Waals surface area contributed by atoms with E-state index in [-0.39, 0.29) is 23.2 Å². The van der Waals surface area contributed by atoms with Gasteiger partial charge in [0.05, 0.1) is 4.90 Å². The Morgan fingerprint density at radius 2 is 1.86 bits per heavy atom. The van der Waals surface area contributed by atoms with E-state index >= 15 is 0 Å². The van der Waals surface area contributed by atoms with Gasteiger partial charge in [0.1, 0.15) is 0 Å². The molecule has 0 saturated heterocycles. The van der Waals surface area contributed by atoms with Gasteiger partial charge in [-0.25, -0.2) is 8.42 Å². The van der Waals surface area contributed by atoms with Crippen LogP contribution in [0.2, 0.25) is 0 Å². The molecule has 0 aromatic heterocycles. The van der Waals surface area contributed by atoms with Crippen LogP contribution < -0.4 is 10.6 Å². The van der Waals surface area contributed by atoms with E-state index in [1.165, 1.54) is 6.07 Å². The van der Waals surface area contributed by atoms with Gasteiger partial charge in [-0.2, -0.15) is 0 Å². The zero-order valence-corrected chi connectivity index (χ0v) is 14.2. The molecule has 0 spiro atoms. The van der Waals surface area contributed by atoms with Gasteiger partial charge in [0.15, 0.2) is 9.84 Å². The molecule has 0 fully saturated rings. The van der Waals surface area contributed by atoms with Gasteiger partial charge >= 0.3 is 0 Å². The smallest absolute Gasteiger partial charge is 0.251 e. The van der Waals surface area contributed by atoms with Crippen molar-refractivity contribution in [2.75, 3.05) is 25.9 Å². The number of benzene rings is 1. The lowest BCUT2D eigenvalue weighted by atomic mass is 10.1. The number of hydrogen-bond donors (Lipinski definition) is 2. The molecule has 0 aliphatic rings. The van der Waals surface area contributed by atoms with Crippen molar-refractivity contribution in [3.05, 3.63) is 29.3 Å². The number of carbonyl (C=O) groups is 1. The highest BCUT2D eigenvalue weighted by Crippen LogP contribution is 2.16. The number of halogens is 1. The average Bonchev–Trinajstić information content (AvgIpc) is 2.37. The number of sulfone groups is 1. The van der Waals surface area contributed by atoms with Crippen LogP contribution in [0.25, 0.3) is 0 Å². The Labute approximate surface area is 132 Å². The summed E-state index contributed by atoms with van der Waals surface area (Å²) in [7, 11) is -3.31. The van der Waals surface area contributed by atoms with Crippen LogP contribution in [0, 0.1) is 6.92 Å². The van der Waals surface area contributed by atoms with E-state index in [2.05, 4.69) is 17.6 Å². The highest BCUT2D eigenvalue weighted by molar-refractivity contribution is 7.90. The number of amides is 1. The normalized spacial score (nSPS) is 10.8. The first-order valence-electron chi connectivity index (χ1n) is 6.66. The number of hydrogen-bond acceptors (Lipinski definition) is 4. The fourth-order valence-corrected chi connectivity index (χ4v) is 2.80. The first-order chi connectivity index (χ1) is 9.36. The third-order valence-electron chi connectivity index (χ3n) is 2.86. The van der Waals surface area contributed by atoms with E-state index in [1.54, 1.807) is 19.1 Å². The van der Waals surface area contributed by atoms with Crippen LogP contribution in [0.3, 0.4) is 0 Å². The van der Waals surface area contributed by atoms with Crippen molar-refractivity contribution < 1.29 is 13.2 Å². The number of rotatable bonds is 7. The van der Waals surface area contributed by atoms with E-state index in [9.17, 15) is 13.2 Å². The minimum Gasteiger partial charge on any atom is -0.351 e. The summed E-state index contributed by atoms with van der Waals surface area (Å²) in [4.78, 5) is 12.1. The number of nitrogens with one attached hydrogen (secondary N) is 2. The molecule has 1 aromatic rings. The van der Waals surface area contributed by atoms with Crippen LogP contribution in [0.4, 0.5) is 0 Å². The first-order valence-corrected chi connectivity index (χ1v) is 8.55. The van der Waals surface area contributed by atoms with Crippen LogP contribution in [0.1, 0.15) is 29.3 Å². The molecule has 0 aliphatic carbocycles. The minimum absolute atomic E-state index is 0. The minimum atomic E-state index is -3.31. The molecule has 0 radical (unpaired) electrons. The summed E-state index contributed by atoms with van der Waals surface area (Å²) in [6.07, 6.45) is 2.19. The molecule has 1 amide bonds. The maximum absolute atomic E-state index is 11.9. The van der Waals surface area contributed by atoms with Gasteiger partial charge in [-0.05, 0) is 37.6 Å². The van der Waals surface area contributed by atoms with Crippen molar-refractivity contribution >= 4 is 28.2 Å². The largest absolute Gasteiger partial charge is 0.351 e. The lowest BCUT2D eigenvalue weighted by Crippen LogP contribution is -2.32. The summed E-state index contributed by atoms with van der Waals surface area (Å²) in [6.45, 7) is 5.92. The quantitative estimate of drug-likeness (QED) is 0.742. The van der Waals surface area contributed by atoms with Gasteiger partial charge in [-0.15, -0.1) is 12.4 Å². The second-order valence-corrected chi connectivity index (χ2v) is 6.74. The molecule has 120 valence electrons. The monoisotopic (exact) mass is 334 g/mol. The maximum Gasteiger partial charge on any atom is 0.251 e. The van der Waals surface area contributed by atoms with E-state index in [4.69, 9.17) is 0 Å². The first kappa shape index (κ1) is 19.9. The van der Waals surface area contributed by atoms with Crippen LogP contribution in [-0.2, 0) is 9.84 Å². The Morgan fingerprint density at radius 3 is 2.43 bits per heavy atom. The molecular weight excluding hydrogens is 312 g/mol. The predicted octanol–water partition coefficient (Wildman–Crippen LogP) is 1.55. The van der Waals surface area contributed by atoms with Gasteiger partial charge < -0.3 is 10.6 Å². The Bertz CT molecular complexity index is 574. The van der Waals surface area contributed by atoms with Crippen molar-refractivity contribution in [2.24, 2.45) is 0 Å². The third kappa shape index (κ3) is 6.46. The summed E-state index contributed by atoms with van der Waals surface area (Å²) in [5.74, 6) is -0.256. The molecule has 0 aliphatic heterocycles. The molecule has 0 saturated carbocycles. The fraction of sp³-hybridized carbons (Fsp3) is 0.500. The number of carbonyl (C=O) groups excluding carboxylic acids is 1. The topological polar surface area (TPSA) is 75.3 Å². The molecule has 2 N–H and O–H groups in total. The van der Waals surface area contributed by atoms with Crippen molar-refractivity contribution in [3.8, 4) is 0 Å². The second-order valence-electron chi connectivity index (χ2n) is 4.76. The van der Waals surface area contributed by atoms with Crippen molar-refractivity contribution in [2.45, 2.75) is 25.2 Å². The highest BCUT2D eigenvalue weighted by atomic mass is 35.5. The van der Waals surface area contributed by atoms with E-state index < -0.39 is 9.84 Å². The molecule has 21 heavy (non-hydrogen) atoms. The summed E-state index contributed by atoms with van der Waals surface area (Å²) in [5.41, 5.74) is 1.01. The van der Waals surface area contributed by atoms with Crippen molar-refractivity contribution in [3.63, 3.8) is 0 Å². The van der Waals surface area contributed by atoms with E-state index in [0.717, 1.165) is 19.2 Å². The second kappa shape index (κ2) is 9.02. The Morgan fingerprint density at radius 1 is 1.19 bits per heavy atom. The lowest BCUT2D eigenvalue weighted by molar-refractivity contribution is 0.0953. The van der Waals surface area contributed by atoms with Crippen LogP contribution >= 0.6 is 12.4 Å². The molecular formula is C14H23ClN2O3S. The van der Waals surface area contributed by atoms with Gasteiger partial charge in [0, 0.05) is 24.9 Å². The van der Waals surface area contributed by atoms with Gasteiger partial charge in [0.25, 0.3) is 5.91 Å². The highest BCUT2D eigenvalue weighted by Gasteiger charge is 2.14. The van der Waals surface area contributed by atoms with Crippen LogP contribution in [-0.4, -0.2) is 40.2 Å². The Kier molecular flexibility index (Phi) is 8.54. The van der Waals surface area contributed by atoms with Crippen molar-refractivity contribution in [1.29, 1.82) is 0 Å². The molecule has 5 nitrogen and oxygen atoms in total. The predicted molar refractivity (Wildman–Crippen MR) is 87.0 cm³/mol. The summed E-state index contributed by atoms with van der Waals surface area (Å²) in [5, 5.41) is 5.94. The maximum atomic E-state index is 11.9. The van der Waals surface area contributed by atoms with Gasteiger partial charge in [-0.1, -0.05) is 13.0 Å². The Hall–Kier alpha value is -1.11. The standard InChI is InChI=1S/C14H22N2O3S.ClH/c1-4-7-15-8-9-16-14(17)12-6-5-11(2)13(10-12)20(3,18)19;/h5-6,10,15H,4,7-9H2,1-3H3,(H,16,17);1H.